The molecule has 2 aromatic carbocycles. The molecule has 2 aromatic rings. The van der Waals surface area contributed by atoms with Gasteiger partial charge in [-0.05, 0) is 29.8 Å². The molecule has 1 N–H and O–H groups in total. The SMILES string of the molecule is CC(=O)N(CC(=O)Nc1ccc(Cl)cc1Cl)Cc1ccccc1Cl. The number of carbonyl (C=O) groups is 2. The Hall–Kier alpha value is -1.75. The van der Waals surface area contributed by atoms with Crippen molar-refractivity contribution in [3.63, 3.8) is 0 Å². The standard InChI is InChI=1S/C17H15Cl3N2O2/c1-11(23)22(9-12-4-2-3-5-14(12)19)10-17(24)21-16-7-6-13(18)8-15(16)20/h2-8H,9-10H2,1H3,(H,21,24). The number of halogens is 3. The van der Waals surface area contributed by atoms with E-state index < -0.39 is 0 Å². The molecule has 0 heterocycles. The Morgan fingerprint density at radius 3 is 2.38 bits per heavy atom. The van der Waals surface area contributed by atoms with Gasteiger partial charge in [-0.25, -0.2) is 0 Å². The molecule has 2 amide bonds. The maximum absolute atomic E-state index is 12.2. The molecule has 0 atom stereocenters. The number of anilines is 1. The fourth-order valence-corrected chi connectivity index (χ4v) is 2.72. The van der Waals surface area contributed by atoms with Crippen molar-refractivity contribution < 1.29 is 9.59 Å². The second-order valence-corrected chi connectivity index (χ2v) is 6.39. The minimum absolute atomic E-state index is 0.112. The first kappa shape index (κ1) is 18.6. The molecule has 0 spiro atoms. The monoisotopic (exact) mass is 384 g/mol. The maximum Gasteiger partial charge on any atom is 0.244 e. The summed E-state index contributed by atoms with van der Waals surface area (Å²) in [4.78, 5) is 25.4. The van der Waals surface area contributed by atoms with Crippen LogP contribution in [0.5, 0.6) is 0 Å². The van der Waals surface area contributed by atoms with Gasteiger partial charge in [0, 0.05) is 23.5 Å². The van der Waals surface area contributed by atoms with Crippen LogP contribution in [0, 0.1) is 0 Å². The zero-order valence-electron chi connectivity index (χ0n) is 12.9. The minimum Gasteiger partial charge on any atom is -0.329 e. The van der Waals surface area contributed by atoms with Crippen LogP contribution in [-0.4, -0.2) is 23.3 Å². The minimum atomic E-state index is -0.360. The van der Waals surface area contributed by atoms with E-state index in [1.165, 1.54) is 17.9 Å². The van der Waals surface area contributed by atoms with Crippen molar-refractivity contribution in [2.45, 2.75) is 13.5 Å². The first-order chi connectivity index (χ1) is 11.4. The molecule has 0 aliphatic rings. The van der Waals surface area contributed by atoms with Crippen molar-refractivity contribution in [1.29, 1.82) is 0 Å². The van der Waals surface area contributed by atoms with Gasteiger partial charge in [0.25, 0.3) is 0 Å². The Labute approximate surface area is 155 Å². The number of amides is 2. The van der Waals surface area contributed by atoms with Crippen LogP contribution in [0.2, 0.25) is 15.1 Å². The molecule has 0 saturated carbocycles. The lowest BCUT2D eigenvalue weighted by atomic mass is 10.2. The smallest absolute Gasteiger partial charge is 0.244 e. The summed E-state index contributed by atoms with van der Waals surface area (Å²) in [5.74, 6) is -0.589. The molecule has 0 bridgehead atoms. The molecule has 0 radical (unpaired) electrons. The Morgan fingerprint density at radius 1 is 1.04 bits per heavy atom. The number of rotatable bonds is 5. The Morgan fingerprint density at radius 2 is 1.75 bits per heavy atom. The Balaban J connectivity index is 2.06. The van der Waals surface area contributed by atoms with E-state index in [9.17, 15) is 9.59 Å². The van der Waals surface area contributed by atoms with Gasteiger partial charge in [0.05, 0.1) is 10.7 Å². The van der Waals surface area contributed by atoms with Crippen molar-refractivity contribution in [3.05, 3.63) is 63.1 Å². The summed E-state index contributed by atoms with van der Waals surface area (Å²) in [5, 5.41) is 4.02. The lowest BCUT2D eigenvalue weighted by Crippen LogP contribution is -2.36. The number of nitrogens with zero attached hydrogens (tertiary/aromatic N) is 1. The number of benzene rings is 2. The first-order valence-corrected chi connectivity index (χ1v) is 8.24. The summed E-state index contributed by atoms with van der Waals surface area (Å²) in [6.45, 7) is 1.54. The van der Waals surface area contributed by atoms with E-state index in [2.05, 4.69) is 5.32 Å². The highest BCUT2D eigenvalue weighted by Crippen LogP contribution is 2.25. The van der Waals surface area contributed by atoms with Crippen LogP contribution in [-0.2, 0) is 16.1 Å². The summed E-state index contributed by atoms with van der Waals surface area (Å²) in [6, 6.07) is 11.9. The first-order valence-electron chi connectivity index (χ1n) is 7.10. The predicted molar refractivity (Wildman–Crippen MR) is 97.6 cm³/mol. The topological polar surface area (TPSA) is 49.4 Å². The van der Waals surface area contributed by atoms with Gasteiger partial charge in [0.2, 0.25) is 11.8 Å². The van der Waals surface area contributed by atoms with Crippen molar-refractivity contribution in [1.82, 2.24) is 4.90 Å². The molecule has 7 heteroatoms. The molecule has 2 rings (SSSR count). The zero-order chi connectivity index (χ0) is 17.7. The van der Waals surface area contributed by atoms with E-state index >= 15 is 0 Å². The van der Waals surface area contributed by atoms with Gasteiger partial charge in [-0.2, -0.15) is 0 Å². The van der Waals surface area contributed by atoms with Crippen LogP contribution in [0.1, 0.15) is 12.5 Å². The van der Waals surface area contributed by atoms with Gasteiger partial charge in [-0.15, -0.1) is 0 Å². The van der Waals surface area contributed by atoms with E-state index in [-0.39, 0.29) is 24.9 Å². The van der Waals surface area contributed by atoms with Crippen LogP contribution < -0.4 is 5.32 Å². The largest absolute Gasteiger partial charge is 0.329 e. The van der Waals surface area contributed by atoms with Crippen molar-refractivity contribution in [3.8, 4) is 0 Å². The van der Waals surface area contributed by atoms with Gasteiger partial charge in [-0.1, -0.05) is 53.0 Å². The third-order valence-electron chi connectivity index (χ3n) is 3.30. The van der Waals surface area contributed by atoms with E-state index in [0.29, 0.717) is 20.8 Å². The van der Waals surface area contributed by atoms with Gasteiger partial charge in [-0.3, -0.25) is 9.59 Å². The fraction of sp³-hybridized carbons (Fsp3) is 0.176. The van der Waals surface area contributed by atoms with Crippen molar-refractivity contribution in [2.24, 2.45) is 0 Å². The summed E-state index contributed by atoms with van der Waals surface area (Å²) in [5.41, 5.74) is 1.21. The number of hydrogen-bond acceptors (Lipinski definition) is 2. The second-order valence-electron chi connectivity index (χ2n) is 5.14. The van der Waals surface area contributed by atoms with Gasteiger partial charge in [0.1, 0.15) is 6.54 Å². The Bertz CT molecular complexity index is 765. The molecule has 126 valence electrons. The normalized spacial score (nSPS) is 10.3. The van der Waals surface area contributed by atoms with E-state index in [0.717, 1.165) is 5.56 Å². The van der Waals surface area contributed by atoms with Gasteiger partial charge in [0.15, 0.2) is 0 Å². The van der Waals surface area contributed by atoms with Crippen LogP contribution in [0.4, 0.5) is 5.69 Å². The number of hydrogen-bond donors (Lipinski definition) is 1. The molecular formula is C17H15Cl3N2O2. The molecule has 0 aliphatic carbocycles. The summed E-state index contributed by atoms with van der Waals surface area (Å²) < 4.78 is 0. The fourth-order valence-electron chi connectivity index (χ4n) is 2.06. The molecule has 0 aliphatic heterocycles. The van der Waals surface area contributed by atoms with E-state index in [1.807, 2.05) is 12.1 Å². The molecule has 0 unspecified atom stereocenters. The average molecular weight is 386 g/mol. The molecule has 0 aromatic heterocycles. The van der Waals surface area contributed by atoms with Crippen LogP contribution in [0.15, 0.2) is 42.5 Å². The highest BCUT2D eigenvalue weighted by molar-refractivity contribution is 6.36. The van der Waals surface area contributed by atoms with Crippen LogP contribution in [0.25, 0.3) is 0 Å². The quantitative estimate of drug-likeness (QED) is 0.815. The van der Waals surface area contributed by atoms with E-state index in [1.54, 1.807) is 24.3 Å². The summed E-state index contributed by atoms with van der Waals surface area (Å²) in [6.07, 6.45) is 0. The Kier molecular flexibility index (Phi) is 6.49. The lowest BCUT2D eigenvalue weighted by Gasteiger charge is -2.21. The molecule has 0 saturated heterocycles. The average Bonchev–Trinajstić information content (AvgIpc) is 2.51. The summed E-state index contributed by atoms with van der Waals surface area (Å²) >= 11 is 18.0. The third kappa shape index (κ3) is 5.13. The highest BCUT2D eigenvalue weighted by Gasteiger charge is 2.16. The zero-order valence-corrected chi connectivity index (χ0v) is 15.1. The number of carbonyl (C=O) groups excluding carboxylic acids is 2. The second kappa shape index (κ2) is 8.38. The van der Waals surface area contributed by atoms with E-state index in [4.69, 9.17) is 34.8 Å². The van der Waals surface area contributed by atoms with Crippen LogP contribution in [0.3, 0.4) is 0 Å². The van der Waals surface area contributed by atoms with Crippen molar-refractivity contribution >= 4 is 52.3 Å². The van der Waals surface area contributed by atoms with Gasteiger partial charge < -0.3 is 10.2 Å². The van der Waals surface area contributed by atoms with Crippen molar-refractivity contribution in [2.75, 3.05) is 11.9 Å². The molecular weight excluding hydrogens is 371 g/mol. The molecule has 0 fully saturated rings. The van der Waals surface area contributed by atoms with Gasteiger partial charge >= 0.3 is 0 Å². The maximum atomic E-state index is 12.2. The highest BCUT2D eigenvalue weighted by atomic mass is 35.5. The molecule has 4 nitrogen and oxygen atoms in total. The predicted octanol–water partition coefficient (Wildman–Crippen LogP) is 4.63. The number of nitrogens with one attached hydrogen (secondary N) is 1. The third-order valence-corrected chi connectivity index (χ3v) is 4.22. The lowest BCUT2D eigenvalue weighted by molar-refractivity contribution is -0.133. The summed E-state index contributed by atoms with van der Waals surface area (Å²) in [7, 11) is 0. The van der Waals surface area contributed by atoms with Crippen LogP contribution >= 0.6 is 34.8 Å². The molecule has 24 heavy (non-hydrogen) atoms.